The summed E-state index contributed by atoms with van der Waals surface area (Å²) in [5.41, 5.74) is 3.71. The molecule has 0 fully saturated rings. The van der Waals surface area contributed by atoms with E-state index in [9.17, 15) is 9.90 Å². The van der Waals surface area contributed by atoms with Crippen LogP contribution >= 0.6 is 15.9 Å². The number of aromatic hydroxyl groups is 1. The van der Waals surface area contributed by atoms with Crippen LogP contribution in [0.1, 0.15) is 15.9 Å². The molecule has 1 aromatic heterocycles. The summed E-state index contributed by atoms with van der Waals surface area (Å²) in [6.07, 6.45) is 5.09. The van der Waals surface area contributed by atoms with Crippen molar-refractivity contribution in [2.75, 3.05) is 0 Å². The minimum atomic E-state index is -0.266. The highest BCUT2D eigenvalue weighted by atomic mass is 79.9. The fraction of sp³-hybridized carbons (Fsp3) is 0. The Balaban J connectivity index is 1.75. The van der Waals surface area contributed by atoms with Gasteiger partial charge in [0.05, 0.1) is 16.9 Å². The lowest BCUT2D eigenvalue weighted by atomic mass is 10.1. The summed E-state index contributed by atoms with van der Waals surface area (Å²) in [5, 5.41) is 14.7. The average molecular weight is 445 g/mol. The Hall–Kier alpha value is -3.44. The second-order valence-corrected chi connectivity index (χ2v) is 7.35. The third-order valence-corrected chi connectivity index (χ3v) is 4.99. The third-order valence-electron chi connectivity index (χ3n) is 4.46. The van der Waals surface area contributed by atoms with E-state index in [-0.39, 0.29) is 17.1 Å². The van der Waals surface area contributed by atoms with Gasteiger partial charge in [0.1, 0.15) is 5.75 Å². The third kappa shape index (κ3) is 4.20. The van der Waals surface area contributed by atoms with Crippen LogP contribution in [0.3, 0.4) is 0 Å². The highest BCUT2D eigenvalue weighted by Crippen LogP contribution is 2.27. The van der Waals surface area contributed by atoms with Crippen molar-refractivity contribution in [3.8, 4) is 22.7 Å². The summed E-state index contributed by atoms with van der Waals surface area (Å²) >= 11 is 3.45. The van der Waals surface area contributed by atoms with Crippen molar-refractivity contribution in [2.24, 2.45) is 0 Å². The van der Waals surface area contributed by atoms with E-state index < -0.39 is 0 Å². The highest BCUT2D eigenvalue weighted by molar-refractivity contribution is 9.10. The molecule has 29 heavy (non-hydrogen) atoms. The van der Waals surface area contributed by atoms with E-state index >= 15 is 0 Å². The number of rotatable bonds is 5. The molecule has 0 bridgehead atoms. The van der Waals surface area contributed by atoms with Crippen molar-refractivity contribution in [3.63, 3.8) is 0 Å². The topological polar surface area (TPSA) is 55.1 Å². The molecule has 0 aliphatic carbocycles. The van der Waals surface area contributed by atoms with Crippen LogP contribution in [-0.2, 0) is 0 Å². The molecule has 5 heteroatoms. The van der Waals surface area contributed by atoms with E-state index in [0.717, 1.165) is 27.0 Å². The largest absolute Gasteiger partial charge is 0.507 e. The van der Waals surface area contributed by atoms with E-state index in [0.29, 0.717) is 0 Å². The minimum absolute atomic E-state index is 0.0322. The zero-order valence-corrected chi connectivity index (χ0v) is 17.0. The molecule has 0 aliphatic heterocycles. The predicted octanol–water partition coefficient (Wildman–Crippen LogP) is 5.90. The van der Waals surface area contributed by atoms with Crippen molar-refractivity contribution < 1.29 is 9.90 Å². The maximum Gasteiger partial charge on any atom is 0.189 e. The zero-order chi connectivity index (χ0) is 20.2. The number of allylic oxidation sites excluding steroid dienone is 1. The number of ketones is 1. The summed E-state index contributed by atoms with van der Waals surface area (Å²) in [7, 11) is 0. The van der Waals surface area contributed by atoms with Crippen LogP contribution in [0.15, 0.2) is 95.6 Å². The molecule has 0 saturated heterocycles. The normalized spacial score (nSPS) is 11.1. The fourth-order valence-electron chi connectivity index (χ4n) is 2.99. The first-order chi connectivity index (χ1) is 14.1. The number of halogens is 1. The van der Waals surface area contributed by atoms with Crippen molar-refractivity contribution >= 4 is 27.8 Å². The van der Waals surface area contributed by atoms with Crippen molar-refractivity contribution in [1.82, 2.24) is 9.78 Å². The average Bonchev–Trinajstić information content (AvgIpc) is 3.18. The van der Waals surface area contributed by atoms with Gasteiger partial charge in [0.15, 0.2) is 5.78 Å². The Bertz CT molecular complexity index is 1180. The quantitative estimate of drug-likeness (QED) is 0.307. The first-order valence-corrected chi connectivity index (χ1v) is 9.82. The summed E-state index contributed by atoms with van der Waals surface area (Å²) in [6.45, 7) is 0. The van der Waals surface area contributed by atoms with Crippen LogP contribution in [0.5, 0.6) is 5.75 Å². The molecular formula is C24H17BrN2O2. The summed E-state index contributed by atoms with van der Waals surface area (Å²) in [6, 6.07) is 24.2. The van der Waals surface area contributed by atoms with Gasteiger partial charge in [0, 0.05) is 21.8 Å². The number of para-hydroxylation sites is 2. The zero-order valence-electron chi connectivity index (χ0n) is 15.4. The molecule has 0 aliphatic rings. The SMILES string of the molecule is O=C(/C=C/c1cn(-c2ccccc2)nc1-c1ccc(Br)cc1)c1ccccc1O. The second kappa shape index (κ2) is 8.29. The van der Waals surface area contributed by atoms with Gasteiger partial charge in [-0.1, -0.05) is 58.4 Å². The Morgan fingerprint density at radius 3 is 2.34 bits per heavy atom. The Morgan fingerprint density at radius 1 is 0.931 bits per heavy atom. The fourth-order valence-corrected chi connectivity index (χ4v) is 3.26. The lowest BCUT2D eigenvalue weighted by molar-refractivity contribution is 0.104. The van der Waals surface area contributed by atoms with Gasteiger partial charge in [0.2, 0.25) is 0 Å². The first-order valence-electron chi connectivity index (χ1n) is 9.03. The number of benzene rings is 3. The van der Waals surface area contributed by atoms with Crippen molar-refractivity contribution in [3.05, 3.63) is 107 Å². The molecule has 1 N–H and O–H groups in total. The predicted molar refractivity (Wildman–Crippen MR) is 118 cm³/mol. The lowest BCUT2D eigenvalue weighted by Crippen LogP contribution is -1.94. The molecular weight excluding hydrogens is 428 g/mol. The first kappa shape index (κ1) is 18.9. The van der Waals surface area contributed by atoms with E-state index in [1.165, 1.54) is 12.1 Å². The number of phenolic OH excluding ortho intramolecular Hbond substituents is 1. The van der Waals surface area contributed by atoms with Gasteiger partial charge in [-0.15, -0.1) is 0 Å². The van der Waals surface area contributed by atoms with Crippen LogP contribution in [0.25, 0.3) is 23.0 Å². The van der Waals surface area contributed by atoms with Gasteiger partial charge in [-0.2, -0.15) is 5.10 Å². The summed E-state index contributed by atoms with van der Waals surface area (Å²) in [5.74, 6) is -0.299. The van der Waals surface area contributed by atoms with Crippen molar-refractivity contribution in [2.45, 2.75) is 0 Å². The minimum Gasteiger partial charge on any atom is -0.507 e. The molecule has 3 aromatic carbocycles. The Labute approximate surface area is 176 Å². The Morgan fingerprint density at radius 2 is 1.62 bits per heavy atom. The molecule has 0 saturated carbocycles. The maximum atomic E-state index is 12.5. The molecule has 0 atom stereocenters. The number of aromatic nitrogens is 2. The van der Waals surface area contributed by atoms with E-state index in [2.05, 4.69) is 15.9 Å². The monoisotopic (exact) mass is 444 g/mol. The molecule has 4 rings (SSSR count). The van der Waals surface area contributed by atoms with E-state index in [1.807, 2.05) is 60.8 Å². The van der Waals surface area contributed by atoms with Gasteiger partial charge in [-0.25, -0.2) is 4.68 Å². The van der Waals surface area contributed by atoms with Gasteiger partial charge in [-0.3, -0.25) is 4.79 Å². The molecule has 4 nitrogen and oxygen atoms in total. The van der Waals surface area contributed by atoms with Crippen LogP contribution < -0.4 is 0 Å². The van der Waals surface area contributed by atoms with Crippen LogP contribution in [0, 0.1) is 0 Å². The molecule has 4 aromatic rings. The summed E-state index contributed by atoms with van der Waals surface area (Å²) < 4.78 is 2.78. The number of carbonyl (C=O) groups is 1. The van der Waals surface area contributed by atoms with Gasteiger partial charge >= 0.3 is 0 Å². The standard InChI is InChI=1S/C24H17BrN2O2/c25-19-13-10-17(11-14-19)24-18(16-27(26-24)20-6-2-1-3-7-20)12-15-23(29)21-8-4-5-9-22(21)28/h1-16,28H/b15-12+. The number of carbonyl (C=O) groups excluding carboxylic acids is 1. The van der Waals surface area contributed by atoms with E-state index in [4.69, 9.17) is 5.10 Å². The maximum absolute atomic E-state index is 12.5. The van der Waals surface area contributed by atoms with E-state index in [1.54, 1.807) is 29.0 Å². The molecule has 0 unspecified atom stereocenters. The highest BCUT2D eigenvalue weighted by Gasteiger charge is 2.12. The van der Waals surface area contributed by atoms with Gasteiger partial charge in [0.25, 0.3) is 0 Å². The molecule has 1 heterocycles. The molecule has 0 amide bonds. The Kier molecular flexibility index (Phi) is 5.40. The number of hydrogen-bond donors (Lipinski definition) is 1. The molecule has 142 valence electrons. The smallest absolute Gasteiger partial charge is 0.189 e. The number of phenols is 1. The second-order valence-electron chi connectivity index (χ2n) is 6.43. The molecule has 0 radical (unpaired) electrons. The van der Waals surface area contributed by atoms with Crippen molar-refractivity contribution in [1.29, 1.82) is 0 Å². The van der Waals surface area contributed by atoms with Crippen LogP contribution in [0.2, 0.25) is 0 Å². The molecule has 0 spiro atoms. The summed E-state index contributed by atoms with van der Waals surface area (Å²) in [4.78, 5) is 12.5. The van der Waals surface area contributed by atoms with Crippen LogP contribution in [-0.4, -0.2) is 20.7 Å². The number of hydrogen-bond acceptors (Lipinski definition) is 3. The van der Waals surface area contributed by atoms with Gasteiger partial charge < -0.3 is 5.11 Å². The lowest BCUT2D eigenvalue weighted by Gasteiger charge is -2.01. The van der Waals surface area contributed by atoms with Crippen LogP contribution in [0.4, 0.5) is 0 Å². The number of nitrogens with zero attached hydrogens (tertiary/aromatic N) is 2. The van der Waals surface area contributed by atoms with Gasteiger partial charge in [-0.05, 0) is 48.6 Å².